The lowest BCUT2D eigenvalue weighted by Gasteiger charge is -2.34. The normalized spacial score (nSPS) is 13.0. The average Bonchev–Trinajstić information content (AvgIpc) is 2.93. The Hall–Kier alpha value is -4.76. The van der Waals surface area contributed by atoms with Gasteiger partial charge in [0.25, 0.3) is 0 Å². The van der Waals surface area contributed by atoms with Crippen LogP contribution in [-0.2, 0) is 5.41 Å². The van der Waals surface area contributed by atoms with Crippen molar-refractivity contribution in [3.05, 3.63) is 138 Å². The molecule has 0 bridgehead atoms. The Morgan fingerprint density at radius 1 is 0.514 bits per heavy atom. The molecule has 0 fully saturated rings. The molecule has 3 nitrogen and oxygen atoms in total. The summed E-state index contributed by atoms with van der Waals surface area (Å²) >= 11 is 0. The molecule has 0 aliphatic rings. The number of fused-ring (bicyclic) bond motifs is 2. The molecule has 180 valence electrons. The number of aromatic hydroxyl groups is 3. The second-order valence-electron chi connectivity index (χ2n) is 9.64. The van der Waals surface area contributed by atoms with Crippen LogP contribution < -0.4 is 0 Å². The van der Waals surface area contributed by atoms with E-state index in [1.54, 1.807) is 30.3 Å². The van der Waals surface area contributed by atoms with Crippen molar-refractivity contribution in [1.29, 1.82) is 0 Å². The maximum Gasteiger partial charge on any atom is 0.120 e. The maximum absolute atomic E-state index is 11.4. The van der Waals surface area contributed by atoms with Crippen LogP contribution in [0.3, 0.4) is 0 Å². The van der Waals surface area contributed by atoms with Crippen molar-refractivity contribution < 1.29 is 15.3 Å². The van der Waals surface area contributed by atoms with Crippen LogP contribution >= 0.6 is 0 Å². The van der Waals surface area contributed by atoms with E-state index in [1.165, 1.54) is 0 Å². The molecule has 0 aliphatic heterocycles. The zero-order valence-electron chi connectivity index (χ0n) is 20.4. The van der Waals surface area contributed by atoms with Gasteiger partial charge in [0.1, 0.15) is 17.2 Å². The van der Waals surface area contributed by atoms with Crippen molar-refractivity contribution in [3.8, 4) is 28.4 Å². The molecule has 0 amide bonds. The minimum atomic E-state index is -0.820. The van der Waals surface area contributed by atoms with Crippen LogP contribution in [0.5, 0.6) is 17.2 Å². The van der Waals surface area contributed by atoms with Gasteiger partial charge in [0.05, 0.1) is 0 Å². The minimum absolute atomic E-state index is 0.136. The molecule has 1 unspecified atom stereocenters. The van der Waals surface area contributed by atoms with E-state index in [2.05, 4.69) is 43.3 Å². The van der Waals surface area contributed by atoms with Crippen LogP contribution in [0.2, 0.25) is 0 Å². The van der Waals surface area contributed by atoms with Crippen LogP contribution in [0.25, 0.3) is 32.7 Å². The molecule has 0 radical (unpaired) electrons. The molecule has 3 N–H and O–H groups in total. The summed E-state index contributed by atoms with van der Waals surface area (Å²) in [5.74, 6) is 0.461. The molecule has 0 aliphatic carbocycles. The molecule has 0 saturated carbocycles. The van der Waals surface area contributed by atoms with Crippen LogP contribution in [0.15, 0.2) is 121 Å². The zero-order valence-corrected chi connectivity index (χ0v) is 20.4. The lowest BCUT2D eigenvalue weighted by Crippen LogP contribution is -2.26. The predicted octanol–water partition coefficient (Wildman–Crippen LogP) is 8.13. The Morgan fingerprint density at radius 3 is 1.81 bits per heavy atom. The van der Waals surface area contributed by atoms with Crippen molar-refractivity contribution in [3.63, 3.8) is 0 Å². The number of benzene rings is 6. The fourth-order valence-corrected chi connectivity index (χ4v) is 5.58. The highest BCUT2D eigenvalue weighted by Gasteiger charge is 2.36. The first-order chi connectivity index (χ1) is 17.9. The third kappa shape index (κ3) is 3.76. The van der Waals surface area contributed by atoms with Gasteiger partial charge in [-0.05, 0) is 81.1 Å². The molecule has 6 aromatic rings. The summed E-state index contributed by atoms with van der Waals surface area (Å²) in [6, 6.07) is 38.9. The van der Waals surface area contributed by atoms with Crippen LogP contribution in [-0.4, -0.2) is 15.3 Å². The van der Waals surface area contributed by atoms with Gasteiger partial charge in [-0.3, -0.25) is 0 Å². The molecule has 3 heteroatoms. The molecule has 6 rings (SSSR count). The monoisotopic (exact) mass is 482 g/mol. The summed E-state index contributed by atoms with van der Waals surface area (Å²) in [6.45, 7) is 2.10. The molecule has 37 heavy (non-hydrogen) atoms. The van der Waals surface area contributed by atoms with Gasteiger partial charge in [0.15, 0.2) is 0 Å². The molecule has 1 atom stereocenters. The highest BCUT2D eigenvalue weighted by molar-refractivity contribution is 5.94. The van der Waals surface area contributed by atoms with Gasteiger partial charge >= 0.3 is 0 Å². The van der Waals surface area contributed by atoms with Gasteiger partial charge in [-0.15, -0.1) is 0 Å². The third-order valence-electron chi connectivity index (χ3n) is 7.46. The second-order valence-corrected chi connectivity index (χ2v) is 9.64. The summed E-state index contributed by atoms with van der Waals surface area (Å²) < 4.78 is 0. The first-order valence-corrected chi connectivity index (χ1v) is 12.3. The smallest absolute Gasteiger partial charge is 0.120 e. The molecule has 0 aromatic heterocycles. The fraction of sp³-hybridized carbons (Fsp3) is 0.0588. The molecule has 6 aromatic carbocycles. The van der Waals surface area contributed by atoms with E-state index in [0.29, 0.717) is 5.56 Å². The van der Waals surface area contributed by atoms with Crippen molar-refractivity contribution in [2.45, 2.75) is 12.3 Å². The summed E-state index contributed by atoms with van der Waals surface area (Å²) in [7, 11) is 0. The Morgan fingerprint density at radius 2 is 1.11 bits per heavy atom. The SMILES string of the molecule is CC(c1ccc(-c2ccccc2)cc1)(c1cccc2ccc(O)cc12)c1c(O)ccc2ccc(O)cc12. The van der Waals surface area contributed by atoms with Gasteiger partial charge in [-0.2, -0.15) is 0 Å². The second kappa shape index (κ2) is 8.72. The fourth-order valence-electron chi connectivity index (χ4n) is 5.58. The Labute approximate surface area is 215 Å². The van der Waals surface area contributed by atoms with Crippen molar-refractivity contribution in [2.75, 3.05) is 0 Å². The van der Waals surface area contributed by atoms with Gasteiger partial charge < -0.3 is 15.3 Å². The average molecular weight is 483 g/mol. The number of hydrogen-bond acceptors (Lipinski definition) is 3. The number of phenolic OH excluding ortho intramolecular Hbond substituents is 3. The molecular weight excluding hydrogens is 456 g/mol. The lowest BCUT2D eigenvalue weighted by atomic mass is 9.68. The first-order valence-electron chi connectivity index (χ1n) is 12.3. The number of rotatable bonds is 4. The Bertz CT molecular complexity index is 1750. The summed E-state index contributed by atoms with van der Waals surface area (Å²) in [4.78, 5) is 0. The van der Waals surface area contributed by atoms with E-state index < -0.39 is 5.41 Å². The highest BCUT2D eigenvalue weighted by Crippen LogP contribution is 2.49. The lowest BCUT2D eigenvalue weighted by molar-refractivity contribution is 0.459. The van der Waals surface area contributed by atoms with E-state index >= 15 is 0 Å². The first kappa shape index (κ1) is 22.7. The third-order valence-corrected chi connectivity index (χ3v) is 7.46. The van der Waals surface area contributed by atoms with E-state index in [0.717, 1.165) is 43.8 Å². The zero-order chi connectivity index (χ0) is 25.6. The Balaban J connectivity index is 1.69. The molecule has 0 heterocycles. The van der Waals surface area contributed by atoms with Gasteiger partial charge in [0.2, 0.25) is 0 Å². The predicted molar refractivity (Wildman–Crippen MR) is 150 cm³/mol. The van der Waals surface area contributed by atoms with Crippen LogP contribution in [0, 0.1) is 0 Å². The van der Waals surface area contributed by atoms with E-state index in [1.807, 2.05) is 54.6 Å². The van der Waals surface area contributed by atoms with Gasteiger partial charge in [-0.1, -0.05) is 91.0 Å². The van der Waals surface area contributed by atoms with Crippen LogP contribution in [0.1, 0.15) is 23.6 Å². The van der Waals surface area contributed by atoms with E-state index in [9.17, 15) is 15.3 Å². The molecular formula is C34H26O3. The van der Waals surface area contributed by atoms with Crippen molar-refractivity contribution >= 4 is 21.5 Å². The topological polar surface area (TPSA) is 60.7 Å². The number of hydrogen-bond donors (Lipinski definition) is 3. The summed E-state index contributed by atoms with van der Waals surface area (Å²) in [5.41, 5.74) is 4.03. The van der Waals surface area contributed by atoms with Crippen molar-refractivity contribution in [2.24, 2.45) is 0 Å². The highest BCUT2D eigenvalue weighted by atomic mass is 16.3. The largest absolute Gasteiger partial charge is 0.508 e. The summed E-state index contributed by atoms with van der Waals surface area (Å²) in [6.07, 6.45) is 0. The summed E-state index contributed by atoms with van der Waals surface area (Å²) in [5, 5.41) is 35.8. The van der Waals surface area contributed by atoms with Crippen LogP contribution in [0.4, 0.5) is 0 Å². The molecule has 0 spiro atoms. The van der Waals surface area contributed by atoms with E-state index in [4.69, 9.17) is 0 Å². The quantitative estimate of drug-likeness (QED) is 0.222. The minimum Gasteiger partial charge on any atom is -0.508 e. The van der Waals surface area contributed by atoms with Gasteiger partial charge in [-0.25, -0.2) is 0 Å². The maximum atomic E-state index is 11.4. The molecule has 0 saturated heterocycles. The standard InChI is InChI=1S/C34H26O3/c1-34(31-9-5-8-24-12-17-27(35)20-29(24)31,26-15-10-23(11-16-26)22-6-3-2-4-7-22)33-30-21-28(36)18-13-25(30)14-19-32(33)37/h2-21,35-37H,1H3. The Kier molecular flexibility index (Phi) is 5.35. The van der Waals surface area contributed by atoms with Gasteiger partial charge in [0, 0.05) is 11.0 Å². The number of phenols is 3. The van der Waals surface area contributed by atoms with Crippen molar-refractivity contribution in [1.82, 2.24) is 0 Å². The van der Waals surface area contributed by atoms with E-state index in [-0.39, 0.29) is 17.2 Å².